The molecule has 6 nitrogen and oxygen atoms in total. The maximum Gasteiger partial charge on any atom is 0.329 e. The van der Waals surface area contributed by atoms with Crippen molar-refractivity contribution in [3.8, 4) is 0 Å². The van der Waals surface area contributed by atoms with Crippen LogP contribution in [0.4, 0.5) is 5.69 Å². The van der Waals surface area contributed by atoms with Crippen LogP contribution in [0.5, 0.6) is 0 Å². The molecule has 2 amide bonds. The van der Waals surface area contributed by atoms with Crippen molar-refractivity contribution in [3.05, 3.63) is 29.8 Å². The van der Waals surface area contributed by atoms with Gasteiger partial charge in [0.05, 0.1) is 0 Å². The number of aryl methyl sites for hydroxylation is 1. The van der Waals surface area contributed by atoms with E-state index in [-0.39, 0.29) is 23.8 Å². The molecule has 4 aliphatic rings. The summed E-state index contributed by atoms with van der Waals surface area (Å²) in [5.74, 6) is 0.920. The highest BCUT2D eigenvalue weighted by molar-refractivity contribution is 5.94. The van der Waals surface area contributed by atoms with Gasteiger partial charge in [-0.3, -0.25) is 9.59 Å². The van der Waals surface area contributed by atoms with Gasteiger partial charge in [-0.25, -0.2) is 4.79 Å². The minimum Gasteiger partial charge on any atom is -0.454 e. The Bertz CT molecular complexity index is 828. The SMILES string of the molecule is Cc1cccc(NC(=O)COC(=O)[C@H](NC(=O)C23CC4CC(CC(C4)C2)C3)C(C)C)c1. The van der Waals surface area contributed by atoms with Crippen LogP contribution in [0.25, 0.3) is 0 Å². The maximum absolute atomic E-state index is 13.3. The zero-order valence-corrected chi connectivity index (χ0v) is 18.8. The third-order valence-corrected chi connectivity index (χ3v) is 7.37. The molecule has 1 atom stereocenters. The first-order valence-electron chi connectivity index (χ1n) is 11.6. The summed E-state index contributed by atoms with van der Waals surface area (Å²) in [4.78, 5) is 38.3. The Labute approximate surface area is 184 Å². The monoisotopic (exact) mass is 426 g/mol. The van der Waals surface area contributed by atoms with Gasteiger partial charge in [0, 0.05) is 11.1 Å². The summed E-state index contributed by atoms with van der Waals surface area (Å²) in [6.45, 7) is 5.34. The van der Waals surface area contributed by atoms with Crippen molar-refractivity contribution >= 4 is 23.5 Å². The highest BCUT2D eigenvalue weighted by atomic mass is 16.5. The van der Waals surface area contributed by atoms with Crippen LogP contribution in [0.2, 0.25) is 0 Å². The molecule has 168 valence electrons. The van der Waals surface area contributed by atoms with E-state index in [1.807, 2.05) is 39.0 Å². The molecule has 0 aromatic heterocycles. The summed E-state index contributed by atoms with van der Waals surface area (Å²) >= 11 is 0. The van der Waals surface area contributed by atoms with Crippen LogP contribution in [-0.2, 0) is 19.1 Å². The molecule has 2 N–H and O–H groups in total. The van der Waals surface area contributed by atoms with E-state index in [1.165, 1.54) is 19.3 Å². The van der Waals surface area contributed by atoms with Gasteiger partial charge in [-0.1, -0.05) is 26.0 Å². The average Bonchev–Trinajstić information content (AvgIpc) is 2.68. The molecule has 0 saturated heterocycles. The highest BCUT2D eigenvalue weighted by Gasteiger charge is 2.55. The first kappa shape index (κ1) is 21.8. The molecular weight excluding hydrogens is 392 g/mol. The molecule has 0 spiro atoms. The normalized spacial score (nSPS) is 29.5. The molecule has 1 aromatic carbocycles. The lowest BCUT2D eigenvalue weighted by atomic mass is 9.49. The molecule has 0 unspecified atom stereocenters. The van der Waals surface area contributed by atoms with Crippen LogP contribution in [-0.4, -0.2) is 30.4 Å². The minimum atomic E-state index is -0.743. The number of carbonyl (C=O) groups excluding carboxylic acids is 3. The van der Waals surface area contributed by atoms with E-state index in [9.17, 15) is 14.4 Å². The second kappa shape index (κ2) is 8.64. The van der Waals surface area contributed by atoms with Gasteiger partial charge in [-0.05, 0) is 86.8 Å². The van der Waals surface area contributed by atoms with Gasteiger partial charge in [-0.15, -0.1) is 0 Å². The fourth-order valence-corrected chi connectivity index (χ4v) is 6.33. The van der Waals surface area contributed by atoms with Crippen molar-refractivity contribution in [2.75, 3.05) is 11.9 Å². The fraction of sp³-hybridized carbons (Fsp3) is 0.640. The number of amides is 2. The number of ether oxygens (including phenoxy) is 1. The van der Waals surface area contributed by atoms with E-state index in [2.05, 4.69) is 10.6 Å². The molecule has 0 aliphatic heterocycles. The summed E-state index contributed by atoms with van der Waals surface area (Å²) in [6.07, 6.45) is 6.63. The maximum atomic E-state index is 13.3. The van der Waals surface area contributed by atoms with Crippen LogP contribution >= 0.6 is 0 Å². The van der Waals surface area contributed by atoms with Gasteiger partial charge in [0.1, 0.15) is 6.04 Å². The largest absolute Gasteiger partial charge is 0.454 e. The van der Waals surface area contributed by atoms with Crippen LogP contribution in [0.3, 0.4) is 0 Å². The summed E-state index contributed by atoms with van der Waals surface area (Å²) in [7, 11) is 0. The number of esters is 1. The van der Waals surface area contributed by atoms with Crippen LogP contribution in [0, 0.1) is 36.0 Å². The van der Waals surface area contributed by atoms with E-state index >= 15 is 0 Å². The molecule has 5 rings (SSSR count). The van der Waals surface area contributed by atoms with Crippen LogP contribution < -0.4 is 10.6 Å². The van der Waals surface area contributed by atoms with Gasteiger partial charge < -0.3 is 15.4 Å². The first-order chi connectivity index (χ1) is 14.7. The van der Waals surface area contributed by atoms with E-state index in [1.54, 1.807) is 6.07 Å². The summed E-state index contributed by atoms with van der Waals surface area (Å²) < 4.78 is 5.28. The molecule has 4 aliphatic carbocycles. The Hall–Kier alpha value is -2.37. The van der Waals surface area contributed by atoms with E-state index in [0.29, 0.717) is 23.4 Å². The summed E-state index contributed by atoms with van der Waals surface area (Å²) in [6, 6.07) is 6.69. The Balaban J connectivity index is 1.33. The Morgan fingerprint density at radius 3 is 2.23 bits per heavy atom. The lowest BCUT2D eigenvalue weighted by Gasteiger charge is -2.55. The number of rotatable bonds is 7. The number of carbonyl (C=O) groups is 3. The van der Waals surface area contributed by atoms with Crippen molar-refractivity contribution < 1.29 is 19.1 Å². The first-order valence-corrected chi connectivity index (χ1v) is 11.6. The molecule has 4 saturated carbocycles. The molecule has 4 fully saturated rings. The third kappa shape index (κ3) is 4.78. The molecule has 31 heavy (non-hydrogen) atoms. The quantitative estimate of drug-likeness (QED) is 0.649. The predicted molar refractivity (Wildman–Crippen MR) is 118 cm³/mol. The Kier molecular flexibility index (Phi) is 6.09. The van der Waals surface area contributed by atoms with Gasteiger partial charge >= 0.3 is 5.97 Å². The second-order valence-electron chi connectivity index (χ2n) is 10.4. The smallest absolute Gasteiger partial charge is 0.329 e. The molecule has 6 heteroatoms. The van der Waals surface area contributed by atoms with E-state index in [0.717, 1.165) is 24.8 Å². The Morgan fingerprint density at radius 2 is 1.68 bits per heavy atom. The lowest BCUT2D eigenvalue weighted by molar-refractivity contribution is -0.156. The van der Waals surface area contributed by atoms with Crippen molar-refractivity contribution in [3.63, 3.8) is 0 Å². The average molecular weight is 427 g/mol. The number of hydrogen-bond acceptors (Lipinski definition) is 4. The minimum absolute atomic E-state index is 0.00598. The van der Waals surface area contributed by atoms with Gasteiger partial charge in [0.25, 0.3) is 5.91 Å². The fourth-order valence-electron chi connectivity index (χ4n) is 6.33. The number of benzene rings is 1. The van der Waals surface area contributed by atoms with Gasteiger partial charge in [0.2, 0.25) is 5.91 Å². The van der Waals surface area contributed by atoms with E-state index < -0.39 is 17.9 Å². The zero-order valence-electron chi connectivity index (χ0n) is 18.8. The van der Waals surface area contributed by atoms with Crippen molar-refractivity contribution in [1.29, 1.82) is 0 Å². The van der Waals surface area contributed by atoms with Gasteiger partial charge in [0.15, 0.2) is 6.61 Å². The number of hydrogen-bond donors (Lipinski definition) is 2. The summed E-state index contributed by atoms with van der Waals surface area (Å²) in [5, 5.41) is 5.74. The second-order valence-corrected chi connectivity index (χ2v) is 10.4. The van der Waals surface area contributed by atoms with Crippen molar-refractivity contribution in [2.24, 2.45) is 29.1 Å². The topological polar surface area (TPSA) is 84.5 Å². The molecule has 1 aromatic rings. The zero-order chi connectivity index (χ0) is 22.2. The number of nitrogens with one attached hydrogen (secondary N) is 2. The van der Waals surface area contributed by atoms with Gasteiger partial charge in [-0.2, -0.15) is 0 Å². The third-order valence-electron chi connectivity index (χ3n) is 7.37. The van der Waals surface area contributed by atoms with Crippen molar-refractivity contribution in [1.82, 2.24) is 5.32 Å². The van der Waals surface area contributed by atoms with E-state index in [4.69, 9.17) is 4.74 Å². The summed E-state index contributed by atoms with van der Waals surface area (Å²) in [5.41, 5.74) is 1.38. The van der Waals surface area contributed by atoms with Crippen molar-refractivity contribution in [2.45, 2.75) is 65.3 Å². The molecular formula is C25H34N2O4. The highest BCUT2D eigenvalue weighted by Crippen LogP contribution is 2.60. The molecule has 0 heterocycles. The van der Waals surface area contributed by atoms with Crippen LogP contribution in [0.15, 0.2) is 24.3 Å². The lowest BCUT2D eigenvalue weighted by Crippen LogP contribution is -2.57. The standard InChI is InChI=1S/C25H34N2O4/c1-15(2)22(23(29)31-14-21(28)26-20-6-4-5-16(3)7-20)27-24(30)25-11-17-8-18(12-25)10-19(9-17)13-25/h4-7,15,17-19,22H,8-14H2,1-3H3,(H,26,28)(H,27,30)/t17?,18?,19?,22-,25?/m1/s1. The Morgan fingerprint density at radius 1 is 1.06 bits per heavy atom. The predicted octanol–water partition coefficient (Wildman–Crippen LogP) is 3.83. The van der Waals surface area contributed by atoms with Crippen LogP contribution in [0.1, 0.15) is 57.9 Å². The molecule has 4 bridgehead atoms. The number of anilines is 1. The molecule has 0 radical (unpaired) electrons.